The zero-order valence-corrected chi connectivity index (χ0v) is 12.0. The van der Waals surface area contributed by atoms with E-state index in [0.29, 0.717) is 11.5 Å². The van der Waals surface area contributed by atoms with Crippen LogP contribution >= 0.6 is 11.9 Å². The van der Waals surface area contributed by atoms with Crippen LogP contribution in [0.5, 0.6) is 0 Å². The summed E-state index contributed by atoms with van der Waals surface area (Å²) < 4.78 is 2.26. The molecule has 0 radical (unpaired) electrons. The van der Waals surface area contributed by atoms with Gasteiger partial charge in [0.2, 0.25) is 0 Å². The lowest BCUT2D eigenvalue weighted by atomic mass is 9.87. The molecule has 14 heavy (non-hydrogen) atoms. The lowest BCUT2D eigenvalue weighted by molar-refractivity contribution is 0.252. The summed E-state index contributed by atoms with van der Waals surface area (Å²) in [6.45, 7) is 11.9. The van der Waals surface area contributed by atoms with Crippen molar-refractivity contribution in [1.82, 2.24) is 9.62 Å². The van der Waals surface area contributed by atoms with Crippen LogP contribution in [0.15, 0.2) is 0 Å². The fourth-order valence-electron chi connectivity index (χ4n) is 1.13. The zero-order chi connectivity index (χ0) is 11.8. The van der Waals surface area contributed by atoms with Gasteiger partial charge < -0.3 is 5.32 Å². The topological polar surface area (TPSA) is 15.3 Å². The molecule has 1 N–H and O–H groups in total. The molecule has 0 aromatic heterocycles. The van der Waals surface area contributed by atoms with Crippen molar-refractivity contribution >= 4 is 11.9 Å². The first-order valence-electron chi connectivity index (χ1n) is 5.34. The van der Waals surface area contributed by atoms with Gasteiger partial charge in [-0.05, 0) is 25.8 Å². The van der Waals surface area contributed by atoms with Gasteiger partial charge in [-0.25, -0.2) is 0 Å². The first-order chi connectivity index (χ1) is 6.41. The summed E-state index contributed by atoms with van der Waals surface area (Å²) >= 11 is 1.78. The van der Waals surface area contributed by atoms with Crippen molar-refractivity contribution in [3.8, 4) is 0 Å². The summed E-state index contributed by atoms with van der Waals surface area (Å²) in [5, 5.41) is 3.35. The van der Waals surface area contributed by atoms with E-state index in [1.165, 1.54) is 0 Å². The second-order valence-electron chi connectivity index (χ2n) is 4.20. The average molecular weight is 220 g/mol. The summed E-state index contributed by atoms with van der Waals surface area (Å²) in [7, 11) is 4.16. The Morgan fingerprint density at radius 2 is 1.71 bits per heavy atom. The van der Waals surface area contributed by atoms with E-state index < -0.39 is 0 Å². The monoisotopic (exact) mass is 220 g/mol. The lowest BCUT2D eigenvalue weighted by Gasteiger charge is -2.32. The largest absolute Gasteiger partial charge is 0.315 e. The quantitative estimate of drug-likeness (QED) is 0.734. The van der Waals surface area contributed by atoms with E-state index in [1.54, 1.807) is 11.9 Å². The van der Waals surface area contributed by atoms with Gasteiger partial charge in [-0.2, -0.15) is 0 Å². The molecule has 0 spiro atoms. The fraction of sp³-hybridized carbons (Fsp3) is 1.00. The average Bonchev–Trinajstić information content (AvgIpc) is 2.15. The molecule has 0 aliphatic rings. The molecule has 0 saturated heterocycles. The molecule has 0 bridgehead atoms. The first kappa shape index (κ1) is 16.7. The van der Waals surface area contributed by atoms with E-state index in [1.807, 2.05) is 20.9 Å². The second kappa shape index (κ2) is 8.57. The third-order valence-electron chi connectivity index (χ3n) is 2.15. The number of likely N-dealkylation sites (N-methyl/N-ethyl adjacent to an activating group) is 2. The van der Waals surface area contributed by atoms with Gasteiger partial charge in [0.25, 0.3) is 0 Å². The number of hydrogen-bond acceptors (Lipinski definition) is 3. The standard InChI is InChI=1S/C9H22N2S.C2H6/c1-9(2,3)8(10-4)7-11(5)12-6;1-2/h8,10H,7H2,1-6H3;1-2H3. The molecular formula is C11H28N2S. The highest BCUT2D eigenvalue weighted by atomic mass is 32.2. The molecule has 0 heterocycles. The van der Waals surface area contributed by atoms with Gasteiger partial charge in [0, 0.05) is 12.6 Å². The third kappa shape index (κ3) is 7.65. The maximum absolute atomic E-state index is 3.35. The minimum Gasteiger partial charge on any atom is -0.315 e. The third-order valence-corrected chi connectivity index (χ3v) is 2.92. The maximum Gasteiger partial charge on any atom is 0.0249 e. The Morgan fingerprint density at radius 1 is 1.29 bits per heavy atom. The Hall–Kier alpha value is 0.270. The van der Waals surface area contributed by atoms with Gasteiger partial charge >= 0.3 is 0 Å². The van der Waals surface area contributed by atoms with E-state index in [4.69, 9.17) is 0 Å². The summed E-state index contributed by atoms with van der Waals surface area (Å²) in [6.07, 6.45) is 2.11. The number of hydrogen-bond donors (Lipinski definition) is 1. The maximum atomic E-state index is 3.35. The van der Waals surface area contributed by atoms with Crippen LogP contribution in [0, 0.1) is 5.41 Å². The minimum atomic E-state index is 0.332. The number of nitrogens with zero attached hydrogens (tertiary/aromatic N) is 1. The molecule has 0 fully saturated rings. The van der Waals surface area contributed by atoms with E-state index in [9.17, 15) is 0 Å². The highest BCUT2D eigenvalue weighted by Gasteiger charge is 2.23. The molecule has 0 saturated carbocycles. The van der Waals surface area contributed by atoms with Crippen LogP contribution in [0.1, 0.15) is 34.6 Å². The normalized spacial score (nSPS) is 13.5. The smallest absolute Gasteiger partial charge is 0.0249 e. The first-order valence-corrected chi connectivity index (χ1v) is 6.52. The van der Waals surface area contributed by atoms with Crippen molar-refractivity contribution in [2.24, 2.45) is 5.41 Å². The van der Waals surface area contributed by atoms with E-state index in [-0.39, 0.29) is 0 Å². The molecule has 1 atom stereocenters. The van der Waals surface area contributed by atoms with E-state index >= 15 is 0 Å². The number of nitrogens with one attached hydrogen (secondary N) is 1. The zero-order valence-electron chi connectivity index (χ0n) is 11.1. The van der Waals surface area contributed by atoms with Crippen LogP contribution in [0.2, 0.25) is 0 Å². The van der Waals surface area contributed by atoms with Gasteiger partial charge in [0.15, 0.2) is 0 Å². The predicted octanol–water partition coefficient (Wildman–Crippen LogP) is 2.86. The molecule has 1 unspecified atom stereocenters. The van der Waals surface area contributed by atoms with Gasteiger partial charge in [0.1, 0.15) is 0 Å². The van der Waals surface area contributed by atoms with Crippen molar-refractivity contribution < 1.29 is 0 Å². The van der Waals surface area contributed by atoms with Gasteiger partial charge in [0.05, 0.1) is 0 Å². The van der Waals surface area contributed by atoms with Crippen molar-refractivity contribution in [3.63, 3.8) is 0 Å². The summed E-state index contributed by atoms with van der Waals surface area (Å²) in [5.41, 5.74) is 0.332. The Balaban J connectivity index is 0. The molecule has 2 nitrogen and oxygen atoms in total. The molecule has 0 aliphatic heterocycles. The van der Waals surface area contributed by atoms with Crippen molar-refractivity contribution in [1.29, 1.82) is 0 Å². The van der Waals surface area contributed by atoms with Crippen LogP contribution in [-0.4, -0.2) is 37.2 Å². The predicted molar refractivity (Wildman–Crippen MR) is 69.8 cm³/mol. The molecule has 88 valence electrons. The summed E-state index contributed by atoms with van der Waals surface area (Å²) in [6, 6.07) is 0.551. The lowest BCUT2D eigenvalue weighted by Crippen LogP contribution is -2.44. The van der Waals surface area contributed by atoms with Crippen LogP contribution in [-0.2, 0) is 0 Å². The van der Waals surface area contributed by atoms with Crippen molar-refractivity contribution in [2.75, 3.05) is 26.9 Å². The molecule has 0 rings (SSSR count). The molecular weight excluding hydrogens is 192 g/mol. The Bertz CT molecular complexity index is 121. The van der Waals surface area contributed by atoms with E-state index in [0.717, 1.165) is 6.54 Å². The highest BCUT2D eigenvalue weighted by molar-refractivity contribution is 7.96. The fourth-order valence-corrected chi connectivity index (χ4v) is 1.43. The molecule has 0 amide bonds. The van der Waals surface area contributed by atoms with Crippen LogP contribution in [0.4, 0.5) is 0 Å². The summed E-state index contributed by atoms with van der Waals surface area (Å²) in [4.78, 5) is 0. The van der Waals surface area contributed by atoms with Crippen molar-refractivity contribution in [3.05, 3.63) is 0 Å². The minimum absolute atomic E-state index is 0.332. The Morgan fingerprint density at radius 3 is 1.93 bits per heavy atom. The second-order valence-corrected chi connectivity index (χ2v) is 5.19. The SMILES string of the molecule is CC.CNC(CN(C)SC)C(C)(C)C. The highest BCUT2D eigenvalue weighted by Crippen LogP contribution is 2.20. The molecule has 0 aromatic rings. The Labute approximate surface area is 95.0 Å². The number of rotatable bonds is 4. The van der Waals surface area contributed by atoms with Crippen LogP contribution < -0.4 is 5.32 Å². The molecule has 0 aromatic carbocycles. The Kier molecular flexibility index (Phi) is 10.2. The van der Waals surface area contributed by atoms with Crippen LogP contribution in [0.3, 0.4) is 0 Å². The summed E-state index contributed by atoms with van der Waals surface area (Å²) in [5.74, 6) is 0. The van der Waals surface area contributed by atoms with Gasteiger partial charge in [-0.1, -0.05) is 46.6 Å². The van der Waals surface area contributed by atoms with Gasteiger partial charge in [-0.15, -0.1) is 0 Å². The molecule has 0 aliphatic carbocycles. The van der Waals surface area contributed by atoms with Crippen molar-refractivity contribution in [2.45, 2.75) is 40.7 Å². The molecule has 3 heteroatoms. The van der Waals surface area contributed by atoms with Gasteiger partial charge in [-0.3, -0.25) is 4.31 Å². The van der Waals surface area contributed by atoms with Crippen LogP contribution in [0.25, 0.3) is 0 Å². The van der Waals surface area contributed by atoms with E-state index in [2.05, 4.69) is 43.7 Å².